The molecule has 1 fully saturated rings. The molecule has 0 saturated carbocycles. The zero-order valence-corrected chi connectivity index (χ0v) is 18.8. The normalized spacial score (nSPS) is 15.0. The van der Waals surface area contributed by atoms with Gasteiger partial charge in [-0.2, -0.15) is 5.10 Å². The Morgan fingerprint density at radius 3 is 2.38 bits per heavy atom. The highest BCUT2D eigenvalue weighted by atomic mass is 32.2. The highest BCUT2D eigenvalue weighted by Gasteiger charge is 2.26. The Hall–Kier alpha value is -3.17. The van der Waals surface area contributed by atoms with Crippen molar-refractivity contribution in [2.45, 2.75) is 37.1 Å². The molecule has 0 unspecified atom stereocenters. The summed E-state index contributed by atoms with van der Waals surface area (Å²) >= 11 is 0. The molecule has 4 rings (SSSR count). The number of piperidine rings is 1. The van der Waals surface area contributed by atoms with Crippen molar-refractivity contribution in [1.29, 1.82) is 0 Å². The van der Waals surface area contributed by atoms with E-state index in [0.717, 1.165) is 35.5 Å². The number of carbonyl (C=O) groups excluding carboxylic acids is 1. The quantitative estimate of drug-likeness (QED) is 0.619. The van der Waals surface area contributed by atoms with Crippen molar-refractivity contribution >= 4 is 16.1 Å². The Kier molecular flexibility index (Phi) is 6.29. The fourth-order valence-corrected chi connectivity index (χ4v) is 4.57. The third-order valence-corrected chi connectivity index (χ3v) is 6.69. The number of benzene rings is 2. The van der Waals surface area contributed by atoms with Gasteiger partial charge < -0.3 is 10.2 Å². The second-order valence-electron chi connectivity index (χ2n) is 8.07. The molecular formula is C23H27N5O3S. The second kappa shape index (κ2) is 9.13. The molecule has 0 spiro atoms. The largest absolute Gasteiger partial charge is 0.334 e. The van der Waals surface area contributed by atoms with E-state index in [-0.39, 0.29) is 16.8 Å². The summed E-state index contributed by atoms with van der Waals surface area (Å²) in [6, 6.07) is 18.3. The summed E-state index contributed by atoms with van der Waals surface area (Å²) in [5.74, 6) is 0.257. The first-order valence-corrected chi connectivity index (χ1v) is 12.1. The molecule has 1 saturated heterocycles. The van der Waals surface area contributed by atoms with Crippen LogP contribution in [0.2, 0.25) is 0 Å². The van der Waals surface area contributed by atoms with Crippen LogP contribution < -0.4 is 10.5 Å². The number of nitrogens with two attached hydrogens (primary N) is 1. The van der Waals surface area contributed by atoms with Crippen molar-refractivity contribution in [2.75, 3.05) is 13.1 Å². The SMILES string of the molecule is Cc1cc(C2CCN(C(=O)NCc3ccccc3)CC2)n(-c2ccc(S(N)(=O)=O)cc2)n1. The molecule has 8 nitrogen and oxygen atoms in total. The van der Waals surface area contributed by atoms with Crippen molar-refractivity contribution in [3.8, 4) is 5.69 Å². The van der Waals surface area contributed by atoms with E-state index >= 15 is 0 Å². The summed E-state index contributed by atoms with van der Waals surface area (Å²) in [4.78, 5) is 14.5. The van der Waals surface area contributed by atoms with Gasteiger partial charge in [-0.25, -0.2) is 23.0 Å². The van der Waals surface area contributed by atoms with E-state index in [2.05, 4.69) is 16.5 Å². The van der Waals surface area contributed by atoms with E-state index in [9.17, 15) is 13.2 Å². The van der Waals surface area contributed by atoms with Gasteiger partial charge in [0, 0.05) is 31.2 Å². The summed E-state index contributed by atoms with van der Waals surface area (Å²) in [5.41, 5.74) is 3.81. The standard InChI is InChI=1S/C23H27N5O3S/c1-17-15-22(28(26-17)20-7-9-21(10-8-20)32(24,30)31)19-11-13-27(14-12-19)23(29)25-16-18-5-3-2-4-6-18/h2-10,15,19H,11-14,16H2,1H3,(H,25,29)(H2,24,30,31). The first-order valence-electron chi connectivity index (χ1n) is 10.6. The van der Waals surface area contributed by atoms with E-state index < -0.39 is 10.0 Å². The van der Waals surface area contributed by atoms with Crippen LogP contribution in [0.25, 0.3) is 5.69 Å². The highest BCUT2D eigenvalue weighted by molar-refractivity contribution is 7.89. The van der Waals surface area contributed by atoms with Gasteiger partial charge in [-0.05, 0) is 55.7 Å². The number of likely N-dealkylation sites (tertiary alicyclic amines) is 1. The number of primary sulfonamides is 1. The number of carbonyl (C=O) groups is 1. The first-order chi connectivity index (χ1) is 15.3. The van der Waals surface area contributed by atoms with E-state index in [1.54, 1.807) is 12.1 Å². The van der Waals surface area contributed by atoms with Gasteiger partial charge in [0.15, 0.2) is 0 Å². The lowest BCUT2D eigenvalue weighted by molar-refractivity contribution is 0.180. The lowest BCUT2D eigenvalue weighted by atomic mass is 9.93. The molecule has 9 heteroatoms. The van der Waals surface area contributed by atoms with Crippen LogP contribution >= 0.6 is 0 Å². The third-order valence-electron chi connectivity index (χ3n) is 5.76. The van der Waals surface area contributed by atoms with E-state index in [1.165, 1.54) is 12.1 Å². The van der Waals surface area contributed by atoms with Gasteiger partial charge in [-0.1, -0.05) is 30.3 Å². The van der Waals surface area contributed by atoms with Crippen LogP contribution in [0.3, 0.4) is 0 Å². The number of aromatic nitrogens is 2. The number of amides is 2. The molecule has 1 aliphatic rings. The zero-order chi connectivity index (χ0) is 22.7. The van der Waals surface area contributed by atoms with Crippen molar-refractivity contribution in [1.82, 2.24) is 20.0 Å². The Morgan fingerprint density at radius 2 is 1.75 bits per heavy atom. The number of nitrogens with zero attached hydrogens (tertiary/aromatic N) is 3. The van der Waals surface area contributed by atoms with Crippen LogP contribution in [-0.4, -0.2) is 42.2 Å². The van der Waals surface area contributed by atoms with Crippen LogP contribution in [0.1, 0.15) is 35.7 Å². The van der Waals surface area contributed by atoms with Crippen LogP contribution in [0, 0.1) is 6.92 Å². The van der Waals surface area contributed by atoms with Gasteiger partial charge >= 0.3 is 6.03 Å². The van der Waals surface area contributed by atoms with E-state index in [4.69, 9.17) is 5.14 Å². The number of aryl methyl sites for hydroxylation is 1. The third kappa shape index (κ3) is 5.00. The van der Waals surface area contributed by atoms with Gasteiger partial charge in [0.25, 0.3) is 0 Å². The minimum atomic E-state index is -3.74. The van der Waals surface area contributed by atoms with Crippen LogP contribution in [0.5, 0.6) is 0 Å². The van der Waals surface area contributed by atoms with Crippen LogP contribution in [0.15, 0.2) is 65.6 Å². The molecule has 2 heterocycles. The maximum Gasteiger partial charge on any atom is 0.317 e. The highest BCUT2D eigenvalue weighted by Crippen LogP contribution is 2.30. The van der Waals surface area contributed by atoms with Crippen molar-refractivity contribution in [3.05, 3.63) is 77.6 Å². The molecule has 32 heavy (non-hydrogen) atoms. The molecule has 0 bridgehead atoms. The van der Waals surface area contributed by atoms with Gasteiger partial charge in [-0.3, -0.25) is 0 Å². The monoisotopic (exact) mass is 453 g/mol. The smallest absolute Gasteiger partial charge is 0.317 e. The number of nitrogens with one attached hydrogen (secondary N) is 1. The number of hydrogen-bond donors (Lipinski definition) is 2. The molecule has 2 aromatic carbocycles. The van der Waals surface area contributed by atoms with Gasteiger partial charge in [0.05, 0.1) is 16.3 Å². The molecule has 0 atom stereocenters. The summed E-state index contributed by atoms with van der Waals surface area (Å²) in [7, 11) is -3.74. The summed E-state index contributed by atoms with van der Waals surface area (Å²) in [5, 5.41) is 12.8. The molecule has 1 aliphatic heterocycles. The molecule has 0 radical (unpaired) electrons. The van der Waals surface area contributed by atoms with Gasteiger partial charge in [0.2, 0.25) is 10.0 Å². The average Bonchev–Trinajstić information content (AvgIpc) is 3.19. The van der Waals surface area contributed by atoms with Gasteiger partial charge in [0.1, 0.15) is 0 Å². The van der Waals surface area contributed by atoms with E-state index in [1.807, 2.05) is 46.8 Å². The number of rotatable bonds is 5. The minimum absolute atomic E-state index is 0.0458. The van der Waals surface area contributed by atoms with Gasteiger partial charge in [-0.15, -0.1) is 0 Å². The lowest BCUT2D eigenvalue weighted by Crippen LogP contribution is -2.44. The number of hydrogen-bond acceptors (Lipinski definition) is 4. The Labute approximate surface area is 188 Å². The van der Waals surface area contributed by atoms with Crippen LogP contribution in [-0.2, 0) is 16.6 Å². The second-order valence-corrected chi connectivity index (χ2v) is 9.63. The summed E-state index contributed by atoms with van der Waals surface area (Å²) < 4.78 is 24.9. The Morgan fingerprint density at radius 1 is 1.09 bits per heavy atom. The summed E-state index contributed by atoms with van der Waals surface area (Å²) in [6.07, 6.45) is 1.66. The maximum absolute atomic E-state index is 12.6. The average molecular weight is 454 g/mol. The number of urea groups is 1. The van der Waals surface area contributed by atoms with Crippen molar-refractivity contribution in [2.24, 2.45) is 5.14 Å². The molecule has 3 N–H and O–H groups in total. The van der Waals surface area contributed by atoms with Crippen LogP contribution in [0.4, 0.5) is 4.79 Å². The Bertz CT molecular complexity index is 1180. The molecular weight excluding hydrogens is 426 g/mol. The van der Waals surface area contributed by atoms with Crippen molar-refractivity contribution < 1.29 is 13.2 Å². The first kappa shape index (κ1) is 22.0. The fourth-order valence-electron chi connectivity index (χ4n) is 4.06. The molecule has 0 aliphatic carbocycles. The topological polar surface area (TPSA) is 110 Å². The van der Waals surface area contributed by atoms with Crippen molar-refractivity contribution in [3.63, 3.8) is 0 Å². The predicted molar refractivity (Wildman–Crippen MR) is 122 cm³/mol. The summed E-state index contributed by atoms with van der Waals surface area (Å²) in [6.45, 7) is 3.78. The molecule has 2 amide bonds. The number of sulfonamides is 1. The fraction of sp³-hybridized carbons (Fsp3) is 0.304. The molecule has 168 valence electrons. The maximum atomic E-state index is 12.6. The molecule has 1 aromatic heterocycles. The zero-order valence-electron chi connectivity index (χ0n) is 17.9. The minimum Gasteiger partial charge on any atom is -0.334 e. The lowest BCUT2D eigenvalue weighted by Gasteiger charge is -2.32. The van der Waals surface area contributed by atoms with E-state index in [0.29, 0.717) is 19.6 Å². The predicted octanol–water partition coefficient (Wildman–Crippen LogP) is 2.92. The Balaban J connectivity index is 1.41. The molecule has 3 aromatic rings.